The van der Waals surface area contributed by atoms with Crippen LogP contribution < -0.4 is 9.64 Å². The molecule has 5 nitrogen and oxygen atoms in total. The third kappa shape index (κ3) is 1.99. The lowest BCUT2D eigenvalue weighted by Crippen LogP contribution is -2.46. The highest BCUT2D eigenvalue weighted by atomic mass is 16.5. The van der Waals surface area contributed by atoms with Crippen LogP contribution in [0.25, 0.3) is 0 Å². The van der Waals surface area contributed by atoms with Crippen LogP contribution in [0.5, 0.6) is 5.75 Å². The molecule has 0 saturated carbocycles. The maximum atomic E-state index is 11.7. The van der Waals surface area contributed by atoms with Crippen molar-refractivity contribution in [3.05, 3.63) is 36.9 Å². The Morgan fingerprint density at radius 1 is 1.47 bits per heavy atom. The maximum Gasteiger partial charge on any atom is 0.346 e. The van der Waals surface area contributed by atoms with Gasteiger partial charge >= 0.3 is 5.97 Å². The number of amides is 1. The van der Waals surface area contributed by atoms with Crippen molar-refractivity contribution in [3.8, 4) is 5.75 Å². The first-order chi connectivity index (χ1) is 8.13. The number of rotatable bonds is 2. The van der Waals surface area contributed by atoms with Crippen molar-refractivity contribution in [1.29, 1.82) is 0 Å². The molecule has 17 heavy (non-hydrogen) atoms. The number of carbonyl (C=O) groups is 2. The van der Waals surface area contributed by atoms with Crippen LogP contribution in [0.4, 0.5) is 5.69 Å². The fraction of sp³-hybridized carbons (Fsp3) is 0.167. The van der Waals surface area contributed by atoms with Crippen molar-refractivity contribution in [2.45, 2.75) is 6.10 Å². The van der Waals surface area contributed by atoms with E-state index in [1.807, 2.05) is 0 Å². The largest absolute Gasteiger partial charge is 0.478 e. The first-order valence-electron chi connectivity index (χ1n) is 5.06. The zero-order valence-electron chi connectivity index (χ0n) is 9.00. The van der Waals surface area contributed by atoms with Gasteiger partial charge in [-0.2, -0.15) is 0 Å². The van der Waals surface area contributed by atoms with Gasteiger partial charge < -0.3 is 14.7 Å². The molecule has 1 unspecified atom stereocenters. The first-order valence-corrected chi connectivity index (χ1v) is 5.06. The van der Waals surface area contributed by atoms with Gasteiger partial charge in [0.05, 0.1) is 12.2 Å². The highest BCUT2D eigenvalue weighted by Gasteiger charge is 2.32. The molecule has 5 heteroatoms. The van der Waals surface area contributed by atoms with Gasteiger partial charge in [-0.1, -0.05) is 18.7 Å². The summed E-state index contributed by atoms with van der Waals surface area (Å²) in [5, 5.41) is 8.95. The summed E-state index contributed by atoms with van der Waals surface area (Å²) in [4.78, 5) is 23.9. The minimum Gasteiger partial charge on any atom is -0.478 e. The summed E-state index contributed by atoms with van der Waals surface area (Å²) in [6.45, 7) is 3.38. The van der Waals surface area contributed by atoms with Crippen LogP contribution >= 0.6 is 0 Å². The molecule has 1 heterocycles. The Kier molecular flexibility index (Phi) is 2.82. The van der Waals surface area contributed by atoms with Crippen molar-refractivity contribution >= 4 is 17.6 Å². The van der Waals surface area contributed by atoms with E-state index in [0.29, 0.717) is 11.4 Å². The third-order valence-corrected chi connectivity index (χ3v) is 2.49. The second-order valence-electron chi connectivity index (χ2n) is 3.57. The molecular formula is C12H11NO4. The van der Waals surface area contributed by atoms with Crippen LogP contribution in [0, 0.1) is 0 Å². The molecule has 1 amide bonds. The summed E-state index contributed by atoms with van der Waals surface area (Å²) in [5.41, 5.74) is 0.565. The minimum atomic E-state index is -1.10. The van der Waals surface area contributed by atoms with Gasteiger partial charge in [0.1, 0.15) is 5.75 Å². The van der Waals surface area contributed by atoms with Gasteiger partial charge in [-0.15, -0.1) is 0 Å². The molecule has 1 atom stereocenters. The van der Waals surface area contributed by atoms with Crippen molar-refractivity contribution in [3.63, 3.8) is 0 Å². The number of carboxylic acid groups (broad SMARTS) is 1. The molecule has 0 aliphatic carbocycles. The molecule has 0 aromatic heterocycles. The summed E-state index contributed by atoms with van der Waals surface area (Å²) in [7, 11) is 0. The fourth-order valence-electron chi connectivity index (χ4n) is 1.68. The summed E-state index contributed by atoms with van der Waals surface area (Å²) in [6, 6.07) is 6.81. The number of nitrogens with zero attached hydrogens (tertiary/aromatic N) is 1. The number of benzene rings is 1. The summed E-state index contributed by atoms with van der Waals surface area (Å²) in [6.07, 6.45) is 0.106. The summed E-state index contributed by atoms with van der Waals surface area (Å²) in [5.74, 6) is -1.05. The fourth-order valence-corrected chi connectivity index (χ4v) is 1.68. The molecular weight excluding hydrogens is 222 g/mol. The monoisotopic (exact) mass is 233 g/mol. The number of para-hydroxylation sites is 2. The van der Waals surface area contributed by atoms with Gasteiger partial charge in [-0.3, -0.25) is 4.79 Å². The van der Waals surface area contributed by atoms with Crippen LogP contribution in [0.3, 0.4) is 0 Å². The lowest BCUT2D eigenvalue weighted by Gasteiger charge is -2.32. The molecule has 0 spiro atoms. The standard InChI is InChI=1S/C12H11NO4/c1-2-11(14)13-7-10(12(15)16)17-9-6-4-3-5-8(9)13/h2-6,10H,1,7H2,(H,15,16). The van der Waals surface area contributed by atoms with E-state index in [1.54, 1.807) is 24.3 Å². The molecule has 1 N–H and O–H groups in total. The normalized spacial score (nSPS) is 17.9. The lowest BCUT2D eigenvalue weighted by atomic mass is 10.2. The van der Waals surface area contributed by atoms with E-state index in [1.165, 1.54) is 4.90 Å². The first kappa shape index (κ1) is 11.2. The van der Waals surface area contributed by atoms with E-state index in [4.69, 9.17) is 9.84 Å². The SMILES string of the molecule is C=CC(=O)N1CC(C(=O)O)Oc2ccccc21. The highest BCUT2D eigenvalue weighted by molar-refractivity contribution is 6.03. The van der Waals surface area contributed by atoms with E-state index < -0.39 is 12.1 Å². The molecule has 0 saturated heterocycles. The Morgan fingerprint density at radius 2 is 2.18 bits per heavy atom. The minimum absolute atomic E-state index is 0.0167. The topological polar surface area (TPSA) is 66.8 Å². The smallest absolute Gasteiger partial charge is 0.346 e. The lowest BCUT2D eigenvalue weighted by molar-refractivity contribution is -0.145. The zero-order chi connectivity index (χ0) is 12.4. The Labute approximate surface area is 97.9 Å². The number of carbonyl (C=O) groups excluding carboxylic acids is 1. The van der Waals surface area contributed by atoms with Gasteiger partial charge in [0.25, 0.3) is 5.91 Å². The van der Waals surface area contributed by atoms with Crippen LogP contribution in [0.1, 0.15) is 0 Å². The quantitative estimate of drug-likeness (QED) is 0.775. The van der Waals surface area contributed by atoms with Gasteiger partial charge in [0.2, 0.25) is 6.10 Å². The Bertz CT molecular complexity index is 483. The molecule has 88 valence electrons. The summed E-state index contributed by atoms with van der Waals surface area (Å²) < 4.78 is 5.29. The number of hydrogen-bond acceptors (Lipinski definition) is 3. The van der Waals surface area contributed by atoms with Crippen molar-refractivity contribution in [1.82, 2.24) is 0 Å². The predicted molar refractivity (Wildman–Crippen MR) is 61.0 cm³/mol. The Morgan fingerprint density at radius 3 is 2.82 bits per heavy atom. The average molecular weight is 233 g/mol. The zero-order valence-corrected chi connectivity index (χ0v) is 9.00. The molecule has 0 fully saturated rings. The number of carboxylic acids is 1. The van der Waals surface area contributed by atoms with E-state index in [0.717, 1.165) is 6.08 Å². The maximum absolute atomic E-state index is 11.7. The third-order valence-electron chi connectivity index (χ3n) is 2.49. The second kappa shape index (κ2) is 4.29. The summed E-state index contributed by atoms with van der Waals surface area (Å²) >= 11 is 0. The van der Waals surface area contributed by atoms with Crippen LogP contribution in [-0.4, -0.2) is 29.6 Å². The van der Waals surface area contributed by atoms with Crippen LogP contribution in [0.2, 0.25) is 0 Å². The highest BCUT2D eigenvalue weighted by Crippen LogP contribution is 2.33. The molecule has 0 radical (unpaired) electrons. The molecule has 1 aromatic carbocycles. The van der Waals surface area contributed by atoms with Gasteiger partial charge in [0.15, 0.2) is 0 Å². The van der Waals surface area contributed by atoms with Gasteiger partial charge in [-0.25, -0.2) is 4.79 Å². The number of hydrogen-bond donors (Lipinski definition) is 1. The average Bonchev–Trinajstić information content (AvgIpc) is 2.36. The Hall–Kier alpha value is -2.30. The van der Waals surface area contributed by atoms with E-state index in [9.17, 15) is 9.59 Å². The predicted octanol–water partition coefficient (Wildman–Crippen LogP) is 1.05. The van der Waals surface area contributed by atoms with Crippen molar-refractivity contribution < 1.29 is 19.4 Å². The second-order valence-corrected chi connectivity index (χ2v) is 3.57. The number of fused-ring (bicyclic) bond motifs is 1. The number of anilines is 1. The number of aliphatic carboxylic acids is 1. The van der Waals surface area contributed by atoms with E-state index in [2.05, 4.69) is 6.58 Å². The molecule has 1 aliphatic rings. The molecule has 0 bridgehead atoms. The van der Waals surface area contributed by atoms with E-state index in [-0.39, 0.29) is 12.5 Å². The Balaban J connectivity index is 2.42. The molecule has 2 rings (SSSR count). The van der Waals surface area contributed by atoms with E-state index >= 15 is 0 Å². The van der Waals surface area contributed by atoms with Crippen LogP contribution in [-0.2, 0) is 9.59 Å². The van der Waals surface area contributed by atoms with Gasteiger partial charge in [-0.05, 0) is 18.2 Å². The number of ether oxygens (including phenoxy) is 1. The molecule has 1 aromatic rings. The van der Waals surface area contributed by atoms with Gasteiger partial charge in [0, 0.05) is 0 Å². The molecule has 1 aliphatic heterocycles. The van der Waals surface area contributed by atoms with Crippen molar-refractivity contribution in [2.24, 2.45) is 0 Å². The van der Waals surface area contributed by atoms with Crippen LogP contribution in [0.15, 0.2) is 36.9 Å². The van der Waals surface area contributed by atoms with Crippen molar-refractivity contribution in [2.75, 3.05) is 11.4 Å².